The van der Waals surface area contributed by atoms with Gasteiger partial charge in [-0.25, -0.2) is 9.97 Å². The second-order valence-electron chi connectivity index (χ2n) is 6.82. The van der Waals surface area contributed by atoms with E-state index in [9.17, 15) is 9.59 Å². The lowest BCUT2D eigenvalue weighted by Gasteiger charge is -2.06. The number of amides is 1. The van der Waals surface area contributed by atoms with Crippen molar-refractivity contribution in [2.75, 3.05) is 5.32 Å². The molecular formula is C24H19N3O3. The van der Waals surface area contributed by atoms with Crippen LogP contribution in [-0.4, -0.2) is 21.7 Å². The molecule has 6 nitrogen and oxygen atoms in total. The van der Waals surface area contributed by atoms with Crippen LogP contribution in [0.4, 0.5) is 5.69 Å². The summed E-state index contributed by atoms with van der Waals surface area (Å²) >= 11 is 0. The maximum atomic E-state index is 12.6. The molecule has 2 aromatic heterocycles. The Morgan fingerprint density at radius 2 is 1.73 bits per heavy atom. The van der Waals surface area contributed by atoms with E-state index in [2.05, 4.69) is 15.3 Å². The lowest BCUT2D eigenvalue weighted by Crippen LogP contribution is -2.10. The highest BCUT2D eigenvalue weighted by atomic mass is 16.3. The molecule has 1 amide bonds. The van der Waals surface area contributed by atoms with E-state index in [0.29, 0.717) is 22.8 Å². The molecule has 0 saturated heterocycles. The second kappa shape index (κ2) is 8.13. The molecule has 2 aromatic carbocycles. The number of anilines is 1. The molecule has 2 heterocycles. The van der Waals surface area contributed by atoms with Crippen molar-refractivity contribution in [1.29, 1.82) is 0 Å². The predicted octanol–water partition coefficient (Wildman–Crippen LogP) is 5.17. The van der Waals surface area contributed by atoms with Crippen LogP contribution in [0.15, 0.2) is 77.3 Å². The Morgan fingerprint density at radius 3 is 2.47 bits per heavy atom. The summed E-state index contributed by atoms with van der Waals surface area (Å²) in [6.45, 7) is 3.35. The normalized spacial score (nSPS) is 10.6. The lowest BCUT2D eigenvalue weighted by atomic mass is 10.1. The minimum Gasteiger partial charge on any atom is -0.451 e. The molecule has 0 atom stereocenters. The highest BCUT2D eigenvalue weighted by Gasteiger charge is 2.13. The summed E-state index contributed by atoms with van der Waals surface area (Å²) in [6.07, 6.45) is 1.70. The highest BCUT2D eigenvalue weighted by Crippen LogP contribution is 2.25. The Labute approximate surface area is 173 Å². The van der Waals surface area contributed by atoms with E-state index in [0.717, 1.165) is 16.8 Å². The van der Waals surface area contributed by atoms with Gasteiger partial charge >= 0.3 is 0 Å². The van der Waals surface area contributed by atoms with E-state index in [1.54, 1.807) is 48.7 Å². The van der Waals surface area contributed by atoms with Crippen LogP contribution in [-0.2, 0) is 0 Å². The molecular weight excluding hydrogens is 378 g/mol. The number of hydrogen-bond donors (Lipinski definition) is 1. The fourth-order valence-electron chi connectivity index (χ4n) is 3.05. The van der Waals surface area contributed by atoms with E-state index < -0.39 is 0 Å². The van der Waals surface area contributed by atoms with Crippen molar-refractivity contribution in [2.45, 2.75) is 13.8 Å². The Bertz CT molecular complexity index is 1230. The molecule has 0 aliphatic rings. The summed E-state index contributed by atoms with van der Waals surface area (Å²) < 4.78 is 5.72. The number of Topliss-reactive ketones (excluding diaryl/α,β-unsaturated/α-hetero) is 1. The van der Waals surface area contributed by atoms with Crippen LogP contribution < -0.4 is 5.32 Å². The number of carbonyl (C=O) groups excluding carboxylic acids is 2. The Morgan fingerprint density at radius 1 is 0.933 bits per heavy atom. The minimum atomic E-state index is -0.349. The van der Waals surface area contributed by atoms with Gasteiger partial charge in [-0.15, -0.1) is 0 Å². The second-order valence-corrected chi connectivity index (χ2v) is 6.82. The number of nitrogens with one attached hydrogen (secondary N) is 1. The van der Waals surface area contributed by atoms with Crippen molar-refractivity contribution in [3.63, 3.8) is 0 Å². The van der Waals surface area contributed by atoms with Crippen molar-refractivity contribution in [3.8, 4) is 22.6 Å². The predicted molar refractivity (Wildman–Crippen MR) is 114 cm³/mol. The van der Waals surface area contributed by atoms with Gasteiger partial charge in [-0.1, -0.05) is 36.4 Å². The zero-order valence-corrected chi connectivity index (χ0v) is 16.5. The van der Waals surface area contributed by atoms with Gasteiger partial charge in [0.1, 0.15) is 11.6 Å². The third-order valence-electron chi connectivity index (χ3n) is 4.60. The molecule has 0 radical (unpaired) electrons. The van der Waals surface area contributed by atoms with Crippen LogP contribution in [0, 0.1) is 6.92 Å². The summed E-state index contributed by atoms with van der Waals surface area (Å²) in [7, 11) is 0. The van der Waals surface area contributed by atoms with Gasteiger partial charge < -0.3 is 9.73 Å². The average molecular weight is 397 g/mol. The molecule has 0 aliphatic heterocycles. The van der Waals surface area contributed by atoms with Gasteiger partial charge in [0.05, 0.1) is 5.69 Å². The summed E-state index contributed by atoms with van der Waals surface area (Å²) in [4.78, 5) is 32.6. The Kier molecular flexibility index (Phi) is 5.22. The van der Waals surface area contributed by atoms with Crippen molar-refractivity contribution in [3.05, 3.63) is 90.1 Å². The van der Waals surface area contributed by atoms with E-state index in [-0.39, 0.29) is 17.5 Å². The van der Waals surface area contributed by atoms with Crippen LogP contribution in [0.1, 0.15) is 33.7 Å². The van der Waals surface area contributed by atoms with Crippen LogP contribution in [0.25, 0.3) is 22.6 Å². The fourth-order valence-corrected chi connectivity index (χ4v) is 3.05. The molecule has 0 bridgehead atoms. The highest BCUT2D eigenvalue weighted by molar-refractivity contribution is 6.03. The average Bonchev–Trinajstić information content (AvgIpc) is 3.24. The van der Waals surface area contributed by atoms with Gasteiger partial charge in [0.25, 0.3) is 5.91 Å². The van der Waals surface area contributed by atoms with Crippen molar-refractivity contribution in [2.24, 2.45) is 0 Å². The first-order valence-electron chi connectivity index (χ1n) is 9.42. The molecule has 148 valence electrons. The van der Waals surface area contributed by atoms with E-state index in [4.69, 9.17) is 4.42 Å². The number of hydrogen-bond acceptors (Lipinski definition) is 5. The van der Waals surface area contributed by atoms with E-state index >= 15 is 0 Å². The lowest BCUT2D eigenvalue weighted by molar-refractivity contribution is 0.0994. The molecule has 0 spiro atoms. The first kappa shape index (κ1) is 19.3. The largest absolute Gasteiger partial charge is 0.451 e. The third-order valence-corrected chi connectivity index (χ3v) is 4.60. The summed E-state index contributed by atoms with van der Waals surface area (Å²) in [5.41, 5.74) is 3.72. The molecule has 6 heteroatoms. The van der Waals surface area contributed by atoms with Crippen LogP contribution >= 0.6 is 0 Å². The molecule has 1 N–H and O–H groups in total. The van der Waals surface area contributed by atoms with Gasteiger partial charge in [-0.3, -0.25) is 9.59 Å². The molecule has 0 unspecified atom stereocenters. The number of benzene rings is 2. The first-order valence-corrected chi connectivity index (χ1v) is 9.42. The summed E-state index contributed by atoms with van der Waals surface area (Å²) in [5, 5.41) is 2.85. The fraction of sp³-hybridized carbons (Fsp3) is 0.0833. The molecule has 4 rings (SSSR count). The Balaban J connectivity index is 1.51. The smallest absolute Gasteiger partial charge is 0.291 e. The number of ketones is 1. The van der Waals surface area contributed by atoms with Crippen LogP contribution in [0.5, 0.6) is 0 Å². The number of carbonyl (C=O) groups is 2. The summed E-state index contributed by atoms with van der Waals surface area (Å²) in [6, 6.07) is 19.7. The molecule has 4 aromatic rings. The van der Waals surface area contributed by atoms with Crippen LogP contribution in [0.2, 0.25) is 0 Å². The number of aryl methyl sites for hydroxylation is 1. The zero-order valence-electron chi connectivity index (χ0n) is 16.5. The van der Waals surface area contributed by atoms with E-state index in [1.807, 2.05) is 31.2 Å². The SMILES string of the molecule is CC(=O)c1ccc(-c2ccc(C(=O)Nc3cccc(-c4ccnc(C)n4)c3)o2)cc1. The van der Waals surface area contributed by atoms with Crippen molar-refractivity contribution >= 4 is 17.4 Å². The summed E-state index contributed by atoms with van der Waals surface area (Å²) in [5.74, 6) is 1.09. The Hall–Kier alpha value is -4.06. The maximum Gasteiger partial charge on any atom is 0.291 e. The maximum absolute atomic E-state index is 12.6. The van der Waals surface area contributed by atoms with Gasteiger partial charge in [0.15, 0.2) is 11.5 Å². The quantitative estimate of drug-likeness (QED) is 0.470. The van der Waals surface area contributed by atoms with Crippen molar-refractivity contribution in [1.82, 2.24) is 9.97 Å². The topological polar surface area (TPSA) is 85.1 Å². The third kappa shape index (κ3) is 4.17. The minimum absolute atomic E-state index is 0.000387. The number of nitrogens with zero attached hydrogens (tertiary/aromatic N) is 2. The number of rotatable bonds is 5. The zero-order chi connectivity index (χ0) is 21.1. The first-order chi connectivity index (χ1) is 14.5. The number of furan rings is 1. The molecule has 0 fully saturated rings. The van der Waals surface area contributed by atoms with Gasteiger partial charge in [-0.2, -0.15) is 0 Å². The number of aromatic nitrogens is 2. The van der Waals surface area contributed by atoms with E-state index in [1.165, 1.54) is 6.92 Å². The standard InChI is InChI=1S/C24H19N3O3/c1-15(28)17-6-8-18(9-7-17)22-10-11-23(30-22)24(29)27-20-5-3-4-19(14-20)21-12-13-25-16(2)26-21/h3-14H,1-2H3,(H,27,29). The van der Waals surface area contributed by atoms with Crippen LogP contribution in [0.3, 0.4) is 0 Å². The van der Waals surface area contributed by atoms with Gasteiger partial charge in [0.2, 0.25) is 0 Å². The monoisotopic (exact) mass is 397 g/mol. The van der Waals surface area contributed by atoms with Gasteiger partial charge in [0, 0.05) is 28.6 Å². The van der Waals surface area contributed by atoms with Crippen molar-refractivity contribution < 1.29 is 14.0 Å². The molecule has 0 saturated carbocycles. The van der Waals surface area contributed by atoms with Gasteiger partial charge in [-0.05, 0) is 44.2 Å². The molecule has 30 heavy (non-hydrogen) atoms. The molecule has 0 aliphatic carbocycles.